The summed E-state index contributed by atoms with van der Waals surface area (Å²) in [4.78, 5) is 36.6. The van der Waals surface area contributed by atoms with Crippen LogP contribution in [0.15, 0.2) is 75.6 Å². The van der Waals surface area contributed by atoms with Crippen molar-refractivity contribution in [2.45, 2.75) is 0 Å². The number of benzene rings is 1. The second kappa shape index (κ2) is 8.54. The Bertz CT molecular complexity index is 1000. The van der Waals surface area contributed by atoms with E-state index in [2.05, 4.69) is 15.4 Å². The first-order valence-electron chi connectivity index (χ1n) is 8.16. The van der Waals surface area contributed by atoms with Crippen molar-refractivity contribution >= 4 is 29.5 Å². The SMILES string of the molecule is COC(=O)c1cccc(NC(=O)/C(=C/c2ccco2)NC(=O)c2ccco2)c1. The minimum Gasteiger partial charge on any atom is -0.465 e. The van der Waals surface area contributed by atoms with Gasteiger partial charge >= 0.3 is 5.97 Å². The number of methoxy groups -OCH3 is 1. The van der Waals surface area contributed by atoms with Crippen LogP contribution in [0.25, 0.3) is 6.08 Å². The number of ether oxygens (including phenoxy) is 1. The molecule has 0 aliphatic carbocycles. The summed E-state index contributed by atoms with van der Waals surface area (Å²) >= 11 is 0. The highest BCUT2D eigenvalue weighted by Gasteiger charge is 2.17. The minimum atomic E-state index is -0.613. The normalized spacial score (nSPS) is 11.0. The molecule has 0 aliphatic rings. The van der Waals surface area contributed by atoms with E-state index in [0.717, 1.165) is 0 Å². The molecule has 1 aromatic carbocycles. The molecule has 2 heterocycles. The Morgan fingerprint density at radius 1 is 1.00 bits per heavy atom. The molecule has 0 aliphatic heterocycles. The zero-order chi connectivity index (χ0) is 19.9. The van der Waals surface area contributed by atoms with Crippen LogP contribution >= 0.6 is 0 Å². The van der Waals surface area contributed by atoms with Gasteiger partial charge in [-0.1, -0.05) is 6.07 Å². The lowest BCUT2D eigenvalue weighted by atomic mass is 10.2. The summed E-state index contributed by atoms with van der Waals surface area (Å²) in [6, 6.07) is 12.5. The van der Waals surface area contributed by atoms with Gasteiger partial charge in [0.15, 0.2) is 5.76 Å². The number of carbonyl (C=O) groups excluding carboxylic acids is 3. The topological polar surface area (TPSA) is 111 Å². The van der Waals surface area contributed by atoms with Crippen molar-refractivity contribution in [1.29, 1.82) is 0 Å². The number of furan rings is 2. The van der Waals surface area contributed by atoms with Crippen molar-refractivity contribution in [3.8, 4) is 0 Å². The van der Waals surface area contributed by atoms with E-state index < -0.39 is 17.8 Å². The molecule has 8 heteroatoms. The van der Waals surface area contributed by atoms with Gasteiger partial charge in [-0.2, -0.15) is 0 Å². The molecule has 2 aromatic heterocycles. The first kappa shape index (κ1) is 18.7. The van der Waals surface area contributed by atoms with Gasteiger partial charge in [0.25, 0.3) is 11.8 Å². The van der Waals surface area contributed by atoms with Gasteiger partial charge in [0.1, 0.15) is 11.5 Å². The third-order valence-electron chi connectivity index (χ3n) is 3.61. The summed E-state index contributed by atoms with van der Waals surface area (Å²) in [5.41, 5.74) is 0.557. The molecule has 2 N–H and O–H groups in total. The Morgan fingerprint density at radius 3 is 2.46 bits per heavy atom. The fourth-order valence-electron chi connectivity index (χ4n) is 2.31. The average molecular weight is 380 g/mol. The first-order valence-corrected chi connectivity index (χ1v) is 8.16. The number of amides is 2. The smallest absolute Gasteiger partial charge is 0.337 e. The lowest BCUT2D eigenvalue weighted by molar-refractivity contribution is -0.113. The van der Waals surface area contributed by atoms with E-state index >= 15 is 0 Å². The Kier molecular flexibility index (Phi) is 5.71. The quantitative estimate of drug-likeness (QED) is 0.502. The van der Waals surface area contributed by atoms with Crippen LogP contribution in [0.5, 0.6) is 0 Å². The van der Waals surface area contributed by atoms with Crippen LogP contribution in [-0.2, 0) is 9.53 Å². The first-order chi connectivity index (χ1) is 13.6. The largest absolute Gasteiger partial charge is 0.465 e. The van der Waals surface area contributed by atoms with Crippen LogP contribution in [0, 0.1) is 0 Å². The maximum Gasteiger partial charge on any atom is 0.337 e. The fourth-order valence-corrected chi connectivity index (χ4v) is 2.31. The highest BCUT2D eigenvalue weighted by Crippen LogP contribution is 2.14. The number of nitrogens with one attached hydrogen (secondary N) is 2. The summed E-state index contributed by atoms with van der Waals surface area (Å²) in [6.45, 7) is 0. The molecule has 0 radical (unpaired) electrons. The molecule has 0 fully saturated rings. The molecule has 2 amide bonds. The standard InChI is InChI=1S/C20H16N2O6/c1-26-20(25)13-5-2-6-14(11-13)21-18(23)16(12-15-7-3-9-27-15)22-19(24)17-8-4-10-28-17/h2-12H,1H3,(H,21,23)(H,22,24)/b16-12-. The summed E-state index contributed by atoms with van der Waals surface area (Å²) in [5.74, 6) is -1.33. The van der Waals surface area contributed by atoms with Gasteiger partial charge in [0.05, 0.1) is 25.2 Å². The van der Waals surface area contributed by atoms with Gasteiger partial charge in [-0.25, -0.2) is 4.79 Å². The predicted molar refractivity (Wildman–Crippen MR) is 99.3 cm³/mol. The molecule has 142 valence electrons. The molecule has 0 spiro atoms. The average Bonchev–Trinajstić information content (AvgIpc) is 3.41. The van der Waals surface area contributed by atoms with Gasteiger partial charge in [-0.3, -0.25) is 9.59 Å². The summed E-state index contributed by atoms with van der Waals surface area (Å²) in [5, 5.41) is 5.11. The van der Waals surface area contributed by atoms with Gasteiger partial charge < -0.3 is 24.2 Å². The zero-order valence-corrected chi connectivity index (χ0v) is 14.8. The monoisotopic (exact) mass is 380 g/mol. The third kappa shape index (κ3) is 4.55. The number of carbonyl (C=O) groups is 3. The van der Waals surface area contributed by atoms with Gasteiger partial charge in [0.2, 0.25) is 0 Å². The molecule has 0 saturated carbocycles. The van der Waals surface area contributed by atoms with Crippen molar-refractivity contribution in [2.75, 3.05) is 12.4 Å². The predicted octanol–water partition coefficient (Wildman–Crippen LogP) is 3.07. The number of hydrogen-bond donors (Lipinski definition) is 2. The molecule has 3 rings (SSSR count). The van der Waals surface area contributed by atoms with E-state index in [-0.39, 0.29) is 17.0 Å². The van der Waals surface area contributed by atoms with Gasteiger partial charge in [-0.05, 0) is 42.5 Å². The fraction of sp³-hybridized carbons (Fsp3) is 0.0500. The summed E-state index contributed by atoms with van der Waals surface area (Å²) in [7, 11) is 1.27. The molecule has 8 nitrogen and oxygen atoms in total. The van der Waals surface area contributed by atoms with Crippen LogP contribution in [0.4, 0.5) is 5.69 Å². The van der Waals surface area contributed by atoms with E-state index in [1.807, 2.05) is 0 Å². The number of rotatable bonds is 6. The maximum atomic E-state index is 12.7. The molecule has 28 heavy (non-hydrogen) atoms. The van der Waals surface area contributed by atoms with Crippen molar-refractivity contribution in [2.24, 2.45) is 0 Å². The second-order valence-electron chi connectivity index (χ2n) is 5.53. The van der Waals surface area contributed by atoms with Crippen LogP contribution in [0.3, 0.4) is 0 Å². The van der Waals surface area contributed by atoms with E-state index in [1.54, 1.807) is 36.4 Å². The molecule has 0 unspecified atom stereocenters. The molecule has 0 atom stereocenters. The zero-order valence-electron chi connectivity index (χ0n) is 14.8. The lowest BCUT2D eigenvalue weighted by Gasteiger charge is -2.10. The number of esters is 1. The summed E-state index contributed by atoms with van der Waals surface area (Å²) < 4.78 is 14.9. The van der Waals surface area contributed by atoms with Gasteiger partial charge in [-0.15, -0.1) is 0 Å². The van der Waals surface area contributed by atoms with E-state index in [1.165, 1.54) is 37.8 Å². The molecular weight excluding hydrogens is 364 g/mol. The third-order valence-corrected chi connectivity index (χ3v) is 3.61. The molecule has 0 saturated heterocycles. The lowest BCUT2D eigenvalue weighted by Crippen LogP contribution is -2.30. The highest BCUT2D eigenvalue weighted by molar-refractivity contribution is 6.10. The number of anilines is 1. The van der Waals surface area contributed by atoms with Gasteiger partial charge in [0, 0.05) is 11.8 Å². The highest BCUT2D eigenvalue weighted by atomic mass is 16.5. The van der Waals surface area contributed by atoms with Crippen molar-refractivity contribution in [1.82, 2.24) is 5.32 Å². The molecular formula is C20H16N2O6. The van der Waals surface area contributed by atoms with Crippen LogP contribution in [0.1, 0.15) is 26.7 Å². The van der Waals surface area contributed by atoms with Crippen LogP contribution in [0.2, 0.25) is 0 Å². The second-order valence-corrected chi connectivity index (χ2v) is 5.53. The van der Waals surface area contributed by atoms with Crippen LogP contribution in [-0.4, -0.2) is 24.9 Å². The Balaban J connectivity index is 1.82. The van der Waals surface area contributed by atoms with Crippen LogP contribution < -0.4 is 10.6 Å². The Labute approximate surface area is 159 Å². The van der Waals surface area contributed by atoms with E-state index in [0.29, 0.717) is 11.4 Å². The van der Waals surface area contributed by atoms with Crippen molar-refractivity contribution < 1.29 is 28.0 Å². The van der Waals surface area contributed by atoms with Crippen molar-refractivity contribution in [3.05, 3.63) is 83.8 Å². The van der Waals surface area contributed by atoms with E-state index in [9.17, 15) is 14.4 Å². The van der Waals surface area contributed by atoms with E-state index in [4.69, 9.17) is 8.83 Å². The van der Waals surface area contributed by atoms with Crippen molar-refractivity contribution in [3.63, 3.8) is 0 Å². The minimum absolute atomic E-state index is 0.0471. The Morgan fingerprint density at radius 2 is 1.79 bits per heavy atom. The summed E-state index contributed by atoms with van der Waals surface area (Å²) in [6.07, 6.45) is 4.17. The molecule has 3 aromatic rings. The molecule has 0 bridgehead atoms. The maximum absolute atomic E-state index is 12.7. The Hall–Kier alpha value is -4.07. The number of hydrogen-bond acceptors (Lipinski definition) is 6.